The van der Waals surface area contributed by atoms with Gasteiger partial charge in [0.25, 0.3) is 0 Å². The van der Waals surface area contributed by atoms with Crippen LogP contribution in [0.1, 0.15) is 39.2 Å². The molecule has 1 atom stereocenters. The van der Waals surface area contributed by atoms with E-state index in [1.165, 1.54) is 0 Å². The number of likely N-dealkylation sites (tertiary alicyclic amines) is 1. The van der Waals surface area contributed by atoms with Crippen molar-refractivity contribution >= 4 is 22.0 Å². The van der Waals surface area contributed by atoms with Crippen LogP contribution < -0.4 is 10.1 Å². The number of carbonyl (C=O) groups is 1. The molecular weight excluding hydrogens is 372 g/mol. The van der Waals surface area contributed by atoms with E-state index in [4.69, 9.17) is 9.47 Å². The number of nitrogens with zero attached hydrogens (tertiary/aromatic N) is 1. The van der Waals surface area contributed by atoms with E-state index in [0.29, 0.717) is 0 Å². The highest BCUT2D eigenvalue weighted by molar-refractivity contribution is 9.10. The van der Waals surface area contributed by atoms with Gasteiger partial charge in [-0.25, -0.2) is 4.79 Å². The Balaban J connectivity index is 1.95. The second-order valence-electron chi connectivity index (χ2n) is 7.14. The number of rotatable bonds is 4. The molecule has 0 bridgehead atoms. The number of alkyl carbamates (subject to hydrolysis) is 1. The fraction of sp³-hybridized carbons (Fsp3) is 0.611. The molecule has 1 fully saturated rings. The number of nitrogens with one attached hydrogen (secondary N) is 1. The second-order valence-corrected chi connectivity index (χ2v) is 8.00. The summed E-state index contributed by atoms with van der Waals surface area (Å²) in [7, 11) is 1.69. The molecule has 1 amide bonds. The maximum absolute atomic E-state index is 12.0. The number of halogens is 1. The molecule has 1 saturated heterocycles. The molecule has 24 heavy (non-hydrogen) atoms. The first-order valence-electron chi connectivity index (χ1n) is 8.32. The fourth-order valence-corrected chi connectivity index (χ4v) is 3.37. The molecule has 1 N–H and O–H groups in total. The molecule has 1 unspecified atom stereocenters. The van der Waals surface area contributed by atoms with Crippen LogP contribution in [0.25, 0.3) is 0 Å². The Morgan fingerprint density at radius 2 is 2.17 bits per heavy atom. The van der Waals surface area contributed by atoms with Crippen LogP contribution in [-0.4, -0.2) is 42.8 Å². The van der Waals surface area contributed by atoms with Crippen LogP contribution in [0, 0.1) is 0 Å². The highest BCUT2D eigenvalue weighted by atomic mass is 79.9. The third kappa shape index (κ3) is 5.67. The smallest absolute Gasteiger partial charge is 0.407 e. The zero-order chi connectivity index (χ0) is 17.7. The topological polar surface area (TPSA) is 50.8 Å². The summed E-state index contributed by atoms with van der Waals surface area (Å²) >= 11 is 3.61. The quantitative estimate of drug-likeness (QED) is 0.833. The van der Waals surface area contributed by atoms with E-state index >= 15 is 0 Å². The summed E-state index contributed by atoms with van der Waals surface area (Å²) in [6, 6.07) is 6.08. The number of methoxy groups -OCH3 is 1. The zero-order valence-electron chi connectivity index (χ0n) is 14.9. The molecule has 0 spiro atoms. The molecule has 1 aliphatic heterocycles. The van der Waals surface area contributed by atoms with Gasteiger partial charge in [-0.1, -0.05) is 22.0 Å². The average molecular weight is 399 g/mol. The Bertz CT molecular complexity index is 572. The van der Waals surface area contributed by atoms with Crippen molar-refractivity contribution < 1.29 is 14.3 Å². The predicted molar refractivity (Wildman–Crippen MR) is 98.4 cm³/mol. The summed E-state index contributed by atoms with van der Waals surface area (Å²) in [5, 5.41) is 2.99. The van der Waals surface area contributed by atoms with Crippen molar-refractivity contribution in [3.63, 3.8) is 0 Å². The van der Waals surface area contributed by atoms with Gasteiger partial charge < -0.3 is 14.8 Å². The van der Waals surface area contributed by atoms with Crippen LogP contribution in [0.5, 0.6) is 5.75 Å². The van der Waals surface area contributed by atoms with Crippen LogP contribution in [0.3, 0.4) is 0 Å². The summed E-state index contributed by atoms with van der Waals surface area (Å²) in [6.07, 6.45) is 1.68. The average Bonchev–Trinajstić information content (AvgIpc) is 2.47. The van der Waals surface area contributed by atoms with Crippen molar-refractivity contribution in [1.82, 2.24) is 10.2 Å². The maximum atomic E-state index is 12.0. The SMILES string of the molecule is COc1cccc(Br)c1CN1CCCC(NC(=O)OC(C)(C)C)C1. The van der Waals surface area contributed by atoms with E-state index in [2.05, 4.69) is 26.1 Å². The molecule has 1 heterocycles. The Hall–Kier alpha value is -1.27. The van der Waals surface area contributed by atoms with Gasteiger partial charge in [0.05, 0.1) is 7.11 Å². The molecule has 6 heteroatoms. The third-order valence-electron chi connectivity index (χ3n) is 3.90. The lowest BCUT2D eigenvalue weighted by Gasteiger charge is -2.34. The minimum atomic E-state index is -0.472. The Morgan fingerprint density at radius 3 is 2.83 bits per heavy atom. The molecule has 5 nitrogen and oxygen atoms in total. The van der Waals surface area contributed by atoms with E-state index in [0.717, 1.165) is 48.3 Å². The first-order chi connectivity index (χ1) is 11.3. The van der Waals surface area contributed by atoms with Crippen molar-refractivity contribution in [3.8, 4) is 5.75 Å². The van der Waals surface area contributed by atoms with Gasteiger partial charge in [-0.05, 0) is 52.3 Å². The predicted octanol–water partition coefficient (Wildman–Crippen LogP) is 3.95. The maximum Gasteiger partial charge on any atom is 0.407 e. The zero-order valence-corrected chi connectivity index (χ0v) is 16.5. The largest absolute Gasteiger partial charge is 0.496 e. The first-order valence-corrected chi connectivity index (χ1v) is 9.11. The van der Waals surface area contributed by atoms with Gasteiger partial charge in [0.15, 0.2) is 0 Å². The van der Waals surface area contributed by atoms with Gasteiger partial charge in [0.1, 0.15) is 11.4 Å². The van der Waals surface area contributed by atoms with E-state index in [1.807, 2.05) is 39.0 Å². The van der Waals surface area contributed by atoms with Gasteiger partial charge in [-0.2, -0.15) is 0 Å². The number of amides is 1. The van der Waals surface area contributed by atoms with E-state index in [9.17, 15) is 4.79 Å². The van der Waals surface area contributed by atoms with Crippen LogP contribution in [0.2, 0.25) is 0 Å². The van der Waals surface area contributed by atoms with Crippen LogP contribution in [-0.2, 0) is 11.3 Å². The Kier molecular flexibility index (Phi) is 6.52. The van der Waals surface area contributed by atoms with Gasteiger partial charge in [-0.3, -0.25) is 4.90 Å². The number of ether oxygens (including phenoxy) is 2. The number of carbonyl (C=O) groups excluding carboxylic acids is 1. The second kappa shape index (κ2) is 8.21. The highest BCUT2D eigenvalue weighted by Crippen LogP contribution is 2.29. The molecule has 0 radical (unpaired) electrons. The summed E-state index contributed by atoms with van der Waals surface area (Å²) in [6.45, 7) is 8.23. The molecule has 1 aromatic carbocycles. The molecule has 1 aliphatic rings. The molecule has 1 aromatic rings. The molecule has 0 aliphatic carbocycles. The van der Waals surface area contributed by atoms with E-state index < -0.39 is 5.60 Å². The number of piperidine rings is 1. The van der Waals surface area contributed by atoms with Gasteiger partial charge in [0.2, 0.25) is 0 Å². The van der Waals surface area contributed by atoms with Crippen LogP contribution in [0.4, 0.5) is 4.79 Å². The van der Waals surface area contributed by atoms with Crippen molar-refractivity contribution in [2.75, 3.05) is 20.2 Å². The Morgan fingerprint density at radius 1 is 1.42 bits per heavy atom. The summed E-state index contributed by atoms with van der Waals surface area (Å²) in [5.74, 6) is 0.881. The lowest BCUT2D eigenvalue weighted by molar-refractivity contribution is 0.0470. The van der Waals surface area contributed by atoms with Crippen LogP contribution in [0.15, 0.2) is 22.7 Å². The molecule has 134 valence electrons. The monoisotopic (exact) mass is 398 g/mol. The standard InChI is InChI=1S/C18H27BrN2O3/c1-18(2,3)24-17(22)20-13-7-6-10-21(11-13)12-14-15(19)8-5-9-16(14)23-4/h5,8-9,13H,6-7,10-12H2,1-4H3,(H,20,22). The lowest BCUT2D eigenvalue weighted by atomic mass is 10.0. The number of benzene rings is 1. The molecule has 0 aromatic heterocycles. The minimum Gasteiger partial charge on any atom is -0.496 e. The highest BCUT2D eigenvalue weighted by Gasteiger charge is 2.25. The van der Waals surface area contributed by atoms with Gasteiger partial charge in [-0.15, -0.1) is 0 Å². The van der Waals surface area contributed by atoms with Gasteiger partial charge in [0, 0.05) is 29.2 Å². The van der Waals surface area contributed by atoms with Crippen molar-refractivity contribution in [2.45, 2.75) is 51.8 Å². The molecule has 0 saturated carbocycles. The fourth-order valence-electron chi connectivity index (χ4n) is 2.90. The van der Waals surface area contributed by atoms with E-state index in [1.54, 1.807) is 7.11 Å². The molecule has 2 rings (SSSR count). The summed E-state index contributed by atoms with van der Waals surface area (Å²) < 4.78 is 11.9. The number of hydrogen-bond donors (Lipinski definition) is 1. The van der Waals surface area contributed by atoms with Crippen molar-refractivity contribution in [1.29, 1.82) is 0 Å². The van der Waals surface area contributed by atoms with Gasteiger partial charge >= 0.3 is 6.09 Å². The van der Waals surface area contributed by atoms with Crippen LogP contribution >= 0.6 is 15.9 Å². The first kappa shape index (κ1) is 19.1. The summed E-state index contributed by atoms with van der Waals surface area (Å²) in [5.41, 5.74) is 0.665. The third-order valence-corrected chi connectivity index (χ3v) is 4.65. The molecular formula is C18H27BrN2O3. The van der Waals surface area contributed by atoms with E-state index in [-0.39, 0.29) is 12.1 Å². The normalized spacial score (nSPS) is 19.0. The summed E-state index contributed by atoms with van der Waals surface area (Å²) in [4.78, 5) is 14.3. The minimum absolute atomic E-state index is 0.113. The lowest BCUT2D eigenvalue weighted by Crippen LogP contribution is -2.48. The van der Waals surface area contributed by atoms with Crippen molar-refractivity contribution in [2.24, 2.45) is 0 Å². The Labute approximate surface area is 152 Å². The van der Waals surface area contributed by atoms with Crippen molar-refractivity contribution in [3.05, 3.63) is 28.2 Å². The number of hydrogen-bond acceptors (Lipinski definition) is 4.